The molecule has 0 aliphatic carbocycles. The van der Waals surface area contributed by atoms with Crippen LogP contribution in [0, 0.1) is 0 Å². The van der Waals surface area contributed by atoms with Gasteiger partial charge in [0, 0.05) is 25.6 Å². The SMILES string of the molecule is COc1cc(CNC(=O)CCNC(=O)Cc2ccccc2)cc(OC)c1. The third kappa shape index (κ3) is 6.47. The van der Waals surface area contributed by atoms with Gasteiger partial charge >= 0.3 is 0 Å². The molecule has 0 saturated heterocycles. The monoisotopic (exact) mass is 356 g/mol. The van der Waals surface area contributed by atoms with Crippen molar-refractivity contribution in [1.29, 1.82) is 0 Å². The van der Waals surface area contributed by atoms with E-state index in [9.17, 15) is 9.59 Å². The van der Waals surface area contributed by atoms with Crippen LogP contribution in [0.1, 0.15) is 17.5 Å². The van der Waals surface area contributed by atoms with Gasteiger partial charge in [-0.2, -0.15) is 0 Å². The van der Waals surface area contributed by atoms with Crippen LogP contribution >= 0.6 is 0 Å². The predicted molar refractivity (Wildman–Crippen MR) is 99.2 cm³/mol. The minimum Gasteiger partial charge on any atom is -0.497 e. The van der Waals surface area contributed by atoms with Crippen LogP contribution < -0.4 is 20.1 Å². The second-order valence-electron chi connectivity index (χ2n) is 5.76. The Morgan fingerprint density at radius 2 is 1.50 bits per heavy atom. The number of ether oxygens (including phenoxy) is 2. The van der Waals surface area contributed by atoms with Crippen LogP contribution in [0.3, 0.4) is 0 Å². The molecule has 0 aliphatic rings. The van der Waals surface area contributed by atoms with Crippen molar-refractivity contribution in [3.05, 3.63) is 59.7 Å². The molecule has 2 aromatic carbocycles. The summed E-state index contributed by atoms with van der Waals surface area (Å²) in [6.45, 7) is 0.670. The second kappa shape index (κ2) is 10.1. The summed E-state index contributed by atoms with van der Waals surface area (Å²) in [5, 5.41) is 5.58. The van der Waals surface area contributed by atoms with Crippen molar-refractivity contribution in [2.24, 2.45) is 0 Å². The zero-order valence-corrected chi connectivity index (χ0v) is 15.1. The number of amides is 2. The van der Waals surface area contributed by atoms with Crippen molar-refractivity contribution in [1.82, 2.24) is 10.6 Å². The summed E-state index contributed by atoms with van der Waals surface area (Å²) in [6, 6.07) is 14.9. The molecule has 0 unspecified atom stereocenters. The Hall–Kier alpha value is -3.02. The van der Waals surface area contributed by atoms with Crippen LogP contribution in [0.15, 0.2) is 48.5 Å². The van der Waals surface area contributed by atoms with E-state index >= 15 is 0 Å². The van der Waals surface area contributed by atoms with Crippen molar-refractivity contribution in [2.75, 3.05) is 20.8 Å². The molecular weight excluding hydrogens is 332 g/mol. The molecule has 6 heteroatoms. The number of carbonyl (C=O) groups is 2. The van der Waals surface area contributed by atoms with Crippen LogP contribution in [0.2, 0.25) is 0 Å². The molecule has 0 aliphatic heterocycles. The minimum atomic E-state index is -0.133. The van der Waals surface area contributed by atoms with Crippen molar-refractivity contribution in [3.8, 4) is 11.5 Å². The molecule has 0 atom stereocenters. The number of rotatable bonds is 9. The molecule has 0 heterocycles. The Morgan fingerprint density at radius 3 is 2.12 bits per heavy atom. The number of hydrogen-bond donors (Lipinski definition) is 2. The molecule has 0 radical (unpaired) electrons. The zero-order chi connectivity index (χ0) is 18.8. The van der Waals surface area contributed by atoms with Crippen LogP contribution in [0.4, 0.5) is 0 Å². The molecule has 0 spiro atoms. The van der Waals surface area contributed by atoms with Gasteiger partial charge in [0.1, 0.15) is 11.5 Å². The molecule has 2 N–H and O–H groups in total. The number of carbonyl (C=O) groups excluding carboxylic acids is 2. The van der Waals surface area contributed by atoms with Gasteiger partial charge in [0.05, 0.1) is 20.6 Å². The zero-order valence-electron chi connectivity index (χ0n) is 15.1. The Labute approximate surface area is 153 Å². The van der Waals surface area contributed by atoms with Crippen molar-refractivity contribution >= 4 is 11.8 Å². The van der Waals surface area contributed by atoms with E-state index in [1.165, 1.54) is 0 Å². The Balaban J connectivity index is 1.71. The smallest absolute Gasteiger partial charge is 0.224 e. The summed E-state index contributed by atoms with van der Waals surface area (Å²) in [7, 11) is 3.16. The van der Waals surface area contributed by atoms with Gasteiger partial charge in [-0.25, -0.2) is 0 Å². The maximum Gasteiger partial charge on any atom is 0.224 e. The van der Waals surface area contributed by atoms with E-state index in [1.807, 2.05) is 42.5 Å². The molecule has 2 rings (SSSR count). The lowest BCUT2D eigenvalue weighted by atomic mass is 10.1. The lowest BCUT2D eigenvalue weighted by molar-refractivity contribution is -0.122. The number of hydrogen-bond acceptors (Lipinski definition) is 4. The average Bonchev–Trinajstić information content (AvgIpc) is 2.66. The summed E-state index contributed by atoms with van der Waals surface area (Å²) in [5.74, 6) is 1.11. The Kier molecular flexibility index (Phi) is 7.49. The Morgan fingerprint density at radius 1 is 0.846 bits per heavy atom. The molecule has 0 bridgehead atoms. The topological polar surface area (TPSA) is 76.7 Å². The van der Waals surface area contributed by atoms with E-state index in [-0.39, 0.29) is 18.2 Å². The highest BCUT2D eigenvalue weighted by Crippen LogP contribution is 2.22. The standard InChI is InChI=1S/C20H24N2O4/c1-25-17-10-16(11-18(13-17)26-2)14-22-19(23)8-9-21-20(24)12-15-6-4-3-5-7-15/h3-7,10-11,13H,8-9,12,14H2,1-2H3,(H,21,24)(H,22,23). The summed E-state index contributed by atoms with van der Waals surface area (Å²) in [6.07, 6.45) is 0.535. The van der Waals surface area contributed by atoms with E-state index in [1.54, 1.807) is 20.3 Å². The fraction of sp³-hybridized carbons (Fsp3) is 0.300. The van der Waals surface area contributed by atoms with Crippen molar-refractivity contribution in [2.45, 2.75) is 19.4 Å². The van der Waals surface area contributed by atoms with Gasteiger partial charge in [-0.3, -0.25) is 9.59 Å². The van der Waals surface area contributed by atoms with E-state index in [2.05, 4.69) is 10.6 Å². The van der Waals surface area contributed by atoms with Gasteiger partial charge in [0.2, 0.25) is 11.8 Å². The Bertz CT molecular complexity index is 710. The third-order valence-electron chi connectivity index (χ3n) is 3.78. The summed E-state index contributed by atoms with van der Waals surface area (Å²) >= 11 is 0. The molecule has 138 valence electrons. The molecule has 0 saturated carbocycles. The lowest BCUT2D eigenvalue weighted by Crippen LogP contribution is -2.31. The molecule has 2 aromatic rings. The fourth-order valence-corrected chi connectivity index (χ4v) is 2.42. The van der Waals surface area contributed by atoms with Gasteiger partial charge in [0.25, 0.3) is 0 Å². The van der Waals surface area contributed by atoms with E-state index in [0.717, 1.165) is 11.1 Å². The van der Waals surface area contributed by atoms with Crippen LogP contribution in [-0.2, 0) is 22.6 Å². The summed E-state index contributed by atoms with van der Waals surface area (Å²) < 4.78 is 10.4. The number of methoxy groups -OCH3 is 2. The van der Waals surface area contributed by atoms with Crippen LogP contribution in [-0.4, -0.2) is 32.6 Å². The number of benzene rings is 2. The van der Waals surface area contributed by atoms with Gasteiger partial charge in [0.15, 0.2) is 0 Å². The third-order valence-corrected chi connectivity index (χ3v) is 3.78. The molecular formula is C20H24N2O4. The molecule has 6 nitrogen and oxygen atoms in total. The minimum absolute atomic E-state index is 0.0958. The van der Waals surface area contributed by atoms with Gasteiger partial charge in [-0.15, -0.1) is 0 Å². The average molecular weight is 356 g/mol. The number of nitrogens with one attached hydrogen (secondary N) is 2. The molecule has 2 amide bonds. The van der Waals surface area contributed by atoms with Gasteiger partial charge in [-0.05, 0) is 23.3 Å². The van der Waals surface area contributed by atoms with E-state index in [4.69, 9.17) is 9.47 Å². The maximum absolute atomic E-state index is 11.9. The van der Waals surface area contributed by atoms with Gasteiger partial charge in [-0.1, -0.05) is 30.3 Å². The lowest BCUT2D eigenvalue weighted by Gasteiger charge is -2.10. The highest BCUT2D eigenvalue weighted by molar-refractivity contribution is 5.80. The first-order chi connectivity index (χ1) is 12.6. The van der Waals surface area contributed by atoms with Crippen LogP contribution in [0.5, 0.6) is 11.5 Å². The van der Waals surface area contributed by atoms with E-state index in [0.29, 0.717) is 31.0 Å². The molecule has 26 heavy (non-hydrogen) atoms. The first-order valence-electron chi connectivity index (χ1n) is 8.40. The molecule has 0 fully saturated rings. The normalized spacial score (nSPS) is 10.1. The predicted octanol–water partition coefficient (Wildman–Crippen LogP) is 2.07. The summed E-state index contributed by atoms with van der Waals surface area (Å²) in [4.78, 5) is 23.8. The van der Waals surface area contributed by atoms with Crippen molar-refractivity contribution < 1.29 is 19.1 Å². The summed E-state index contributed by atoms with van der Waals surface area (Å²) in [5.41, 5.74) is 1.82. The quantitative estimate of drug-likeness (QED) is 0.721. The highest BCUT2D eigenvalue weighted by atomic mass is 16.5. The second-order valence-corrected chi connectivity index (χ2v) is 5.76. The molecule has 0 aromatic heterocycles. The largest absolute Gasteiger partial charge is 0.497 e. The van der Waals surface area contributed by atoms with Crippen molar-refractivity contribution in [3.63, 3.8) is 0 Å². The maximum atomic E-state index is 11.9. The fourth-order valence-electron chi connectivity index (χ4n) is 2.42. The van der Waals surface area contributed by atoms with E-state index < -0.39 is 0 Å². The van der Waals surface area contributed by atoms with Gasteiger partial charge < -0.3 is 20.1 Å². The first-order valence-corrected chi connectivity index (χ1v) is 8.40. The highest BCUT2D eigenvalue weighted by Gasteiger charge is 2.07. The van der Waals surface area contributed by atoms with Crippen LogP contribution in [0.25, 0.3) is 0 Å². The first kappa shape index (κ1) is 19.3.